The minimum atomic E-state index is -3.79. The monoisotopic (exact) mass is 450 g/mol. The van der Waals surface area contributed by atoms with Crippen molar-refractivity contribution in [2.45, 2.75) is 19.9 Å². The Balaban J connectivity index is 2.46. The maximum absolute atomic E-state index is 13.0. The van der Waals surface area contributed by atoms with Crippen LogP contribution in [0.25, 0.3) is 0 Å². The van der Waals surface area contributed by atoms with Gasteiger partial charge < -0.3 is 19.5 Å². The summed E-state index contributed by atoms with van der Waals surface area (Å²) in [6.45, 7) is 3.32. The summed E-state index contributed by atoms with van der Waals surface area (Å²) >= 11 is 0. The molecular weight excluding hydrogens is 424 g/mol. The minimum Gasteiger partial charge on any atom is -0.493 e. The lowest BCUT2D eigenvalue weighted by Crippen LogP contribution is -2.45. The van der Waals surface area contributed by atoms with Gasteiger partial charge in [-0.25, -0.2) is 13.2 Å². The van der Waals surface area contributed by atoms with Crippen molar-refractivity contribution < 1.29 is 32.2 Å². The Labute approximate surface area is 182 Å². The number of sulfonamides is 1. The Kier molecular flexibility index (Phi) is 7.50. The van der Waals surface area contributed by atoms with Gasteiger partial charge in [0.05, 0.1) is 44.5 Å². The number of methoxy groups -OCH3 is 3. The van der Waals surface area contributed by atoms with Crippen LogP contribution in [-0.2, 0) is 19.6 Å². The third kappa shape index (κ3) is 5.46. The number of aryl methyl sites for hydroxylation is 1. The molecule has 0 unspecified atom stereocenters. The number of carbonyl (C=O) groups is 2. The lowest BCUT2D eigenvalue weighted by Gasteiger charge is -2.28. The molecule has 1 N–H and O–H groups in total. The molecule has 0 aliphatic carbocycles. The molecule has 168 valence electrons. The van der Waals surface area contributed by atoms with E-state index in [-0.39, 0.29) is 22.7 Å². The van der Waals surface area contributed by atoms with Gasteiger partial charge in [-0.2, -0.15) is 0 Å². The summed E-state index contributed by atoms with van der Waals surface area (Å²) in [5.74, 6) is -0.811. The molecule has 1 atom stereocenters. The smallest absolute Gasteiger partial charge is 0.340 e. The summed E-state index contributed by atoms with van der Waals surface area (Å²) < 4.78 is 41.1. The summed E-state index contributed by atoms with van der Waals surface area (Å²) in [5.41, 5.74) is 1.42. The van der Waals surface area contributed by atoms with Crippen molar-refractivity contribution in [1.82, 2.24) is 0 Å². The van der Waals surface area contributed by atoms with Gasteiger partial charge >= 0.3 is 5.97 Å². The van der Waals surface area contributed by atoms with Crippen molar-refractivity contribution in [2.24, 2.45) is 0 Å². The molecule has 9 nitrogen and oxygen atoms in total. The topological polar surface area (TPSA) is 111 Å². The first-order valence-corrected chi connectivity index (χ1v) is 11.1. The lowest BCUT2D eigenvalue weighted by atomic mass is 10.1. The van der Waals surface area contributed by atoms with Gasteiger partial charge in [0.15, 0.2) is 11.5 Å². The van der Waals surface area contributed by atoms with Gasteiger partial charge in [0.1, 0.15) is 6.04 Å². The average Bonchev–Trinajstić information content (AvgIpc) is 2.73. The fraction of sp³-hybridized carbons (Fsp3) is 0.333. The van der Waals surface area contributed by atoms with Crippen molar-refractivity contribution in [3.63, 3.8) is 0 Å². The van der Waals surface area contributed by atoms with E-state index >= 15 is 0 Å². The number of hydrogen-bond donors (Lipinski definition) is 1. The third-order valence-electron chi connectivity index (χ3n) is 4.56. The molecule has 0 saturated carbocycles. The summed E-state index contributed by atoms with van der Waals surface area (Å²) in [5, 5.41) is 2.60. The molecule has 0 spiro atoms. The quantitative estimate of drug-likeness (QED) is 0.615. The molecule has 2 aromatic carbocycles. The van der Waals surface area contributed by atoms with Gasteiger partial charge in [-0.3, -0.25) is 9.10 Å². The highest BCUT2D eigenvalue weighted by Crippen LogP contribution is 2.34. The number of benzene rings is 2. The van der Waals surface area contributed by atoms with E-state index in [1.54, 1.807) is 24.3 Å². The van der Waals surface area contributed by atoms with E-state index in [9.17, 15) is 18.0 Å². The van der Waals surface area contributed by atoms with Crippen molar-refractivity contribution in [2.75, 3.05) is 37.2 Å². The zero-order valence-corrected chi connectivity index (χ0v) is 19.1. The number of ether oxygens (including phenoxy) is 3. The Morgan fingerprint density at radius 1 is 1.00 bits per heavy atom. The van der Waals surface area contributed by atoms with Gasteiger partial charge in [0.2, 0.25) is 15.9 Å². The number of rotatable bonds is 8. The van der Waals surface area contributed by atoms with Crippen LogP contribution in [0.5, 0.6) is 11.5 Å². The molecular formula is C21H26N2O7S. The third-order valence-corrected chi connectivity index (χ3v) is 5.81. The average molecular weight is 451 g/mol. The van der Waals surface area contributed by atoms with Crippen LogP contribution in [0.3, 0.4) is 0 Å². The predicted molar refractivity (Wildman–Crippen MR) is 117 cm³/mol. The fourth-order valence-corrected chi connectivity index (χ4v) is 4.17. The van der Waals surface area contributed by atoms with E-state index in [4.69, 9.17) is 14.2 Å². The summed E-state index contributed by atoms with van der Waals surface area (Å²) in [6, 6.07) is 8.42. The summed E-state index contributed by atoms with van der Waals surface area (Å²) in [4.78, 5) is 25.2. The van der Waals surface area contributed by atoms with Crippen LogP contribution < -0.4 is 19.1 Å². The standard InChI is InChI=1S/C21H26N2O7S/c1-13-7-9-15(10-8-13)23(31(6,26)27)14(2)20(24)22-17-12-19(29-4)18(28-3)11-16(17)21(25)30-5/h7-12,14H,1-6H3,(H,22,24)/t14-/m0/s1. The highest BCUT2D eigenvalue weighted by molar-refractivity contribution is 7.92. The first-order valence-electron chi connectivity index (χ1n) is 9.24. The molecule has 0 heterocycles. The van der Waals surface area contributed by atoms with Crippen LogP contribution in [0, 0.1) is 6.92 Å². The highest BCUT2D eigenvalue weighted by atomic mass is 32.2. The predicted octanol–water partition coefficient (Wildman–Crippen LogP) is 2.59. The molecule has 2 rings (SSSR count). The molecule has 1 amide bonds. The summed E-state index contributed by atoms with van der Waals surface area (Å²) in [6.07, 6.45) is 1.02. The van der Waals surface area contributed by atoms with Crippen LogP contribution >= 0.6 is 0 Å². The molecule has 0 aliphatic rings. The van der Waals surface area contributed by atoms with Crippen LogP contribution in [0.15, 0.2) is 36.4 Å². The van der Waals surface area contributed by atoms with Crippen LogP contribution in [0.4, 0.5) is 11.4 Å². The summed E-state index contributed by atoms with van der Waals surface area (Å²) in [7, 11) is 0.236. The molecule has 0 aliphatic heterocycles. The number of esters is 1. The van der Waals surface area contributed by atoms with E-state index in [0.29, 0.717) is 5.69 Å². The number of nitrogens with zero attached hydrogens (tertiary/aromatic N) is 1. The molecule has 0 fully saturated rings. The molecule has 31 heavy (non-hydrogen) atoms. The van der Waals surface area contributed by atoms with Crippen LogP contribution in [0.2, 0.25) is 0 Å². The Hall–Kier alpha value is -3.27. The molecule has 2 aromatic rings. The van der Waals surface area contributed by atoms with Gasteiger partial charge in [-0.1, -0.05) is 17.7 Å². The zero-order chi connectivity index (χ0) is 23.3. The van der Waals surface area contributed by atoms with Gasteiger partial charge in [0.25, 0.3) is 0 Å². The van der Waals surface area contributed by atoms with Crippen molar-refractivity contribution in [3.8, 4) is 11.5 Å². The molecule has 0 bridgehead atoms. The first kappa shape index (κ1) is 24.0. The van der Waals surface area contributed by atoms with Crippen molar-refractivity contribution in [1.29, 1.82) is 0 Å². The van der Waals surface area contributed by atoms with Crippen LogP contribution in [-0.4, -0.2) is 53.9 Å². The van der Waals surface area contributed by atoms with E-state index in [1.807, 2.05) is 6.92 Å². The molecule has 0 saturated heterocycles. The Morgan fingerprint density at radius 2 is 1.55 bits per heavy atom. The molecule has 0 aromatic heterocycles. The molecule has 10 heteroatoms. The second kappa shape index (κ2) is 9.69. The van der Waals surface area contributed by atoms with Gasteiger partial charge in [-0.15, -0.1) is 0 Å². The fourth-order valence-electron chi connectivity index (χ4n) is 3.00. The normalized spacial score (nSPS) is 11.9. The highest BCUT2D eigenvalue weighted by Gasteiger charge is 2.30. The lowest BCUT2D eigenvalue weighted by molar-refractivity contribution is -0.116. The SMILES string of the molecule is COC(=O)c1cc(OC)c(OC)cc1NC(=O)[C@H](C)N(c1ccc(C)cc1)S(C)(=O)=O. The number of hydrogen-bond acceptors (Lipinski definition) is 7. The van der Waals surface area contributed by atoms with Gasteiger partial charge in [0, 0.05) is 12.1 Å². The maximum atomic E-state index is 13.0. The maximum Gasteiger partial charge on any atom is 0.340 e. The molecule has 0 radical (unpaired) electrons. The van der Waals surface area contributed by atoms with E-state index in [2.05, 4.69) is 5.32 Å². The van der Waals surface area contributed by atoms with Crippen LogP contribution in [0.1, 0.15) is 22.8 Å². The Morgan fingerprint density at radius 3 is 2.03 bits per heavy atom. The Bertz CT molecular complexity index is 1070. The minimum absolute atomic E-state index is 0.0296. The second-order valence-corrected chi connectivity index (χ2v) is 8.66. The van der Waals surface area contributed by atoms with Crippen molar-refractivity contribution >= 4 is 33.3 Å². The number of nitrogens with one attached hydrogen (secondary N) is 1. The van der Waals surface area contributed by atoms with E-state index in [1.165, 1.54) is 40.4 Å². The van der Waals surface area contributed by atoms with E-state index < -0.39 is 27.9 Å². The largest absolute Gasteiger partial charge is 0.493 e. The van der Waals surface area contributed by atoms with Gasteiger partial charge in [-0.05, 0) is 26.0 Å². The van der Waals surface area contributed by atoms with E-state index in [0.717, 1.165) is 16.1 Å². The number of amides is 1. The number of carbonyl (C=O) groups excluding carboxylic acids is 2. The zero-order valence-electron chi connectivity index (χ0n) is 18.3. The second-order valence-electron chi connectivity index (χ2n) is 6.80. The van der Waals surface area contributed by atoms with Crippen molar-refractivity contribution in [3.05, 3.63) is 47.5 Å². The first-order chi connectivity index (χ1) is 14.5. The number of anilines is 2.